The average molecular weight is 546 g/mol. The van der Waals surface area contributed by atoms with E-state index in [0.29, 0.717) is 41.1 Å². The van der Waals surface area contributed by atoms with E-state index < -0.39 is 23.5 Å². The molecule has 0 spiro atoms. The van der Waals surface area contributed by atoms with Crippen LogP contribution in [-0.4, -0.2) is 36.2 Å². The van der Waals surface area contributed by atoms with E-state index >= 15 is 0 Å². The van der Waals surface area contributed by atoms with Gasteiger partial charge < -0.3 is 25.6 Å². The summed E-state index contributed by atoms with van der Waals surface area (Å²) in [6.45, 7) is 3.93. The Bertz CT molecular complexity index is 1310. The quantitative estimate of drug-likeness (QED) is 0.180. The normalized spacial score (nSPS) is 12.0. The topological polar surface area (TPSA) is 140 Å². The smallest absolute Gasteiger partial charge is 0.414 e. The lowest BCUT2D eigenvalue weighted by Crippen LogP contribution is -2.35. The van der Waals surface area contributed by atoms with Gasteiger partial charge in [0.1, 0.15) is 18.5 Å². The molecule has 0 fully saturated rings. The maximum Gasteiger partial charge on any atom is 0.414 e. The maximum absolute atomic E-state index is 12.8. The van der Waals surface area contributed by atoms with Crippen molar-refractivity contribution in [2.24, 2.45) is 5.41 Å². The predicted octanol–water partition coefficient (Wildman–Crippen LogP) is 5.25. The van der Waals surface area contributed by atoms with Gasteiger partial charge in [-0.2, -0.15) is 0 Å². The van der Waals surface area contributed by atoms with Crippen molar-refractivity contribution in [2.75, 3.05) is 24.3 Å². The van der Waals surface area contributed by atoms with Gasteiger partial charge in [-0.1, -0.05) is 62.4 Å². The minimum absolute atomic E-state index is 0.111. The Labute approximate surface area is 234 Å². The summed E-state index contributed by atoms with van der Waals surface area (Å²) < 4.78 is 11.3. The van der Waals surface area contributed by atoms with Gasteiger partial charge in [0.05, 0.1) is 18.0 Å². The third kappa shape index (κ3) is 8.99. The fraction of sp³-hybridized carbons (Fsp3) is 0.258. The third-order valence-corrected chi connectivity index (χ3v) is 6.17. The third-order valence-electron chi connectivity index (χ3n) is 6.17. The van der Waals surface area contributed by atoms with Crippen LogP contribution in [0.25, 0.3) is 0 Å². The number of aliphatic hydroxyl groups excluding tert-OH is 1. The molecule has 0 unspecified atom stereocenters. The van der Waals surface area contributed by atoms with Gasteiger partial charge in [-0.3, -0.25) is 14.9 Å². The van der Waals surface area contributed by atoms with Gasteiger partial charge >= 0.3 is 6.09 Å². The fourth-order valence-electron chi connectivity index (χ4n) is 4.03. The number of allylic oxidation sites excluding steroid dienone is 1. The number of nitrogens with two attached hydrogens (primary N) is 1. The Morgan fingerprint density at radius 1 is 0.975 bits per heavy atom. The molecule has 0 saturated carbocycles. The van der Waals surface area contributed by atoms with Crippen LogP contribution in [0.5, 0.6) is 5.75 Å². The lowest BCUT2D eigenvalue weighted by Gasteiger charge is -2.34. The lowest BCUT2D eigenvalue weighted by molar-refractivity contribution is -0.111. The first kappa shape index (κ1) is 29.9. The van der Waals surface area contributed by atoms with E-state index in [2.05, 4.69) is 10.6 Å². The second kappa shape index (κ2) is 14.5. The number of carbonyl (C=O) groups excluding carboxylic acids is 3. The van der Waals surface area contributed by atoms with Crippen LogP contribution >= 0.6 is 0 Å². The molecular weight excluding hydrogens is 510 g/mol. The van der Waals surface area contributed by atoms with E-state index in [9.17, 15) is 14.4 Å². The van der Waals surface area contributed by atoms with Crippen molar-refractivity contribution in [3.8, 4) is 5.75 Å². The van der Waals surface area contributed by atoms with Gasteiger partial charge in [0, 0.05) is 11.0 Å². The van der Waals surface area contributed by atoms with Gasteiger partial charge in [-0.15, -0.1) is 0 Å². The summed E-state index contributed by atoms with van der Waals surface area (Å²) in [5.41, 5.74) is 7.33. The number of benzene rings is 3. The van der Waals surface area contributed by atoms with Crippen LogP contribution in [-0.2, 0) is 9.53 Å². The molecule has 3 amide bonds. The number of rotatable bonds is 12. The van der Waals surface area contributed by atoms with E-state index in [0.717, 1.165) is 0 Å². The molecule has 0 aliphatic carbocycles. The van der Waals surface area contributed by atoms with Crippen molar-refractivity contribution >= 4 is 29.3 Å². The molecule has 3 rings (SSSR count). The number of anilines is 2. The average Bonchev–Trinajstić information content (AvgIpc) is 2.95. The Balaban J connectivity index is 1.69. The van der Waals surface area contributed by atoms with E-state index in [4.69, 9.17) is 20.3 Å². The summed E-state index contributed by atoms with van der Waals surface area (Å²) in [6, 6.07) is 22.4. The van der Waals surface area contributed by atoms with Crippen LogP contribution in [0, 0.1) is 5.41 Å². The molecule has 0 heterocycles. The molecular formula is C31H35N3O6. The van der Waals surface area contributed by atoms with Crippen molar-refractivity contribution in [3.63, 3.8) is 0 Å². The number of hydrogen-bond acceptors (Lipinski definition) is 7. The Kier molecular flexibility index (Phi) is 10.8. The number of ether oxygens (including phenoxy) is 2. The summed E-state index contributed by atoms with van der Waals surface area (Å²) >= 11 is 0. The molecule has 9 nitrogen and oxygen atoms in total. The SMILES string of the molecule is CC(C)(CC/C=C/C(=O)Nc1ccccc1N)[C@@H](OC(=O)NC(=O)c1ccccc1)c1ccc(OCCO)cc1. The zero-order chi connectivity index (χ0) is 29.0. The van der Waals surface area contributed by atoms with Crippen molar-refractivity contribution < 1.29 is 29.0 Å². The Morgan fingerprint density at radius 3 is 2.33 bits per heavy atom. The maximum atomic E-state index is 12.8. The van der Waals surface area contributed by atoms with Crippen molar-refractivity contribution in [2.45, 2.75) is 32.8 Å². The monoisotopic (exact) mass is 545 g/mol. The summed E-state index contributed by atoms with van der Waals surface area (Å²) in [6.07, 6.45) is 2.66. The number of carbonyl (C=O) groups is 3. The molecule has 0 aliphatic rings. The molecule has 5 N–H and O–H groups in total. The molecule has 0 radical (unpaired) electrons. The number of nitrogens with one attached hydrogen (secondary N) is 2. The summed E-state index contributed by atoms with van der Waals surface area (Å²) in [7, 11) is 0. The molecule has 3 aromatic rings. The highest BCUT2D eigenvalue weighted by Gasteiger charge is 2.34. The highest BCUT2D eigenvalue weighted by Crippen LogP contribution is 2.41. The van der Waals surface area contributed by atoms with Crippen LogP contribution in [0.3, 0.4) is 0 Å². The summed E-state index contributed by atoms with van der Waals surface area (Å²) in [4.78, 5) is 37.6. The second-order valence-electron chi connectivity index (χ2n) is 9.75. The van der Waals surface area contributed by atoms with Gasteiger partial charge in [-0.25, -0.2) is 4.79 Å². The first-order valence-corrected chi connectivity index (χ1v) is 12.9. The van der Waals surface area contributed by atoms with Crippen LogP contribution < -0.4 is 21.1 Å². The molecule has 40 heavy (non-hydrogen) atoms. The van der Waals surface area contributed by atoms with E-state index in [1.807, 2.05) is 13.8 Å². The van der Waals surface area contributed by atoms with Crippen LogP contribution in [0.15, 0.2) is 91.0 Å². The number of amides is 3. The number of aliphatic hydroxyl groups is 1. The van der Waals surface area contributed by atoms with Crippen LogP contribution in [0.1, 0.15) is 48.7 Å². The lowest BCUT2D eigenvalue weighted by atomic mass is 9.78. The predicted molar refractivity (Wildman–Crippen MR) is 154 cm³/mol. The summed E-state index contributed by atoms with van der Waals surface area (Å²) in [5.74, 6) is -0.310. The van der Waals surface area contributed by atoms with Crippen molar-refractivity contribution in [1.82, 2.24) is 5.32 Å². The second-order valence-corrected chi connectivity index (χ2v) is 9.75. The molecule has 0 bridgehead atoms. The molecule has 0 saturated heterocycles. The molecule has 0 aromatic heterocycles. The first-order valence-electron chi connectivity index (χ1n) is 12.9. The largest absolute Gasteiger partial charge is 0.491 e. The van der Waals surface area contributed by atoms with Crippen LogP contribution in [0.4, 0.5) is 16.2 Å². The first-order chi connectivity index (χ1) is 19.2. The van der Waals surface area contributed by atoms with Crippen molar-refractivity contribution in [1.29, 1.82) is 0 Å². The zero-order valence-corrected chi connectivity index (χ0v) is 22.6. The molecule has 1 atom stereocenters. The molecule has 3 aromatic carbocycles. The van der Waals surface area contributed by atoms with Gasteiger partial charge in [0.2, 0.25) is 5.91 Å². The number of imide groups is 1. The number of nitrogen functional groups attached to an aromatic ring is 1. The Morgan fingerprint density at radius 2 is 1.65 bits per heavy atom. The minimum atomic E-state index is -0.872. The standard InChI is InChI=1S/C31H35N3O6/c1-31(2,19-9-8-14-27(36)33-26-13-7-6-12-25(26)32)28(22-15-17-24(18-16-22)39-21-20-35)40-30(38)34-29(37)23-10-4-3-5-11-23/h3-8,10-18,28,35H,9,19-21,32H2,1-2H3,(H,33,36)(H,34,37,38)/b14-8+/t28-/m0/s1. The number of para-hydroxylation sites is 2. The molecule has 9 heteroatoms. The van der Waals surface area contributed by atoms with Crippen LogP contribution in [0.2, 0.25) is 0 Å². The van der Waals surface area contributed by atoms with E-state index in [1.165, 1.54) is 6.08 Å². The zero-order valence-electron chi connectivity index (χ0n) is 22.6. The highest BCUT2D eigenvalue weighted by molar-refractivity contribution is 6.03. The van der Waals surface area contributed by atoms with Gasteiger partial charge in [-0.05, 0) is 60.9 Å². The van der Waals surface area contributed by atoms with Gasteiger partial charge in [0.25, 0.3) is 5.91 Å². The molecule has 0 aliphatic heterocycles. The Hall–Kier alpha value is -4.63. The van der Waals surface area contributed by atoms with Crippen molar-refractivity contribution in [3.05, 3.63) is 102 Å². The molecule has 210 valence electrons. The summed E-state index contributed by atoms with van der Waals surface area (Å²) in [5, 5.41) is 14.0. The van der Waals surface area contributed by atoms with Gasteiger partial charge in [0.15, 0.2) is 0 Å². The highest BCUT2D eigenvalue weighted by atomic mass is 16.6. The van der Waals surface area contributed by atoms with E-state index in [1.54, 1.807) is 84.9 Å². The number of hydrogen-bond donors (Lipinski definition) is 4. The number of alkyl carbamates (subject to hydrolysis) is 1. The van der Waals surface area contributed by atoms with E-state index in [-0.39, 0.29) is 19.1 Å². The fourth-order valence-corrected chi connectivity index (χ4v) is 4.03. The minimum Gasteiger partial charge on any atom is -0.491 e.